The Balaban J connectivity index is 1.83. The number of ether oxygens (including phenoxy) is 1. The minimum Gasteiger partial charge on any atom is -0.497 e. The van der Waals surface area contributed by atoms with Gasteiger partial charge in [-0.15, -0.1) is 0 Å². The molecule has 0 aliphatic heterocycles. The molecule has 37 heavy (non-hydrogen) atoms. The third kappa shape index (κ3) is 5.72. The summed E-state index contributed by atoms with van der Waals surface area (Å²) in [6, 6.07) is 10.8. The zero-order valence-electron chi connectivity index (χ0n) is 20.3. The van der Waals surface area contributed by atoms with E-state index < -0.39 is 29.6 Å². The van der Waals surface area contributed by atoms with E-state index in [1.165, 1.54) is 36.3 Å². The second kappa shape index (κ2) is 11.4. The number of nitrogens with zero attached hydrogens (tertiary/aromatic N) is 2. The number of methoxy groups -OCH3 is 1. The van der Waals surface area contributed by atoms with Gasteiger partial charge in [0.25, 0.3) is 11.8 Å². The van der Waals surface area contributed by atoms with E-state index in [2.05, 4.69) is 9.69 Å². The Hall–Kier alpha value is -3.99. The molecule has 1 saturated carbocycles. The zero-order valence-corrected chi connectivity index (χ0v) is 21.1. The Bertz CT molecular complexity index is 1270. The molecule has 1 aliphatic rings. The number of anilines is 2. The number of primary amides is 1. The van der Waals surface area contributed by atoms with Crippen LogP contribution in [0, 0.1) is 5.82 Å². The molecule has 2 aromatic carbocycles. The molecule has 0 bridgehead atoms. The lowest BCUT2D eigenvalue weighted by molar-refractivity contribution is -0.123. The molecule has 0 spiro atoms. The van der Waals surface area contributed by atoms with Gasteiger partial charge in [-0.05, 0) is 66.3 Å². The number of nitrogen functional groups attached to an aromatic ring is 1. The quantitative estimate of drug-likeness (QED) is 0.408. The summed E-state index contributed by atoms with van der Waals surface area (Å²) in [6.45, 7) is 0. The monoisotopic (exact) mass is 525 g/mol. The van der Waals surface area contributed by atoms with Crippen LogP contribution in [0.3, 0.4) is 0 Å². The van der Waals surface area contributed by atoms with E-state index >= 15 is 0 Å². The number of carbonyl (C=O) groups is 3. The largest absolute Gasteiger partial charge is 0.497 e. The van der Waals surface area contributed by atoms with Crippen molar-refractivity contribution in [2.45, 2.75) is 44.2 Å². The van der Waals surface area contributed by atoms with Crippen molar-refractivity contribution in [2.24, 2.45) is 5.73 Å². The van der Waals surface area contributed by atoms with E-state index in [1.807, 2.05) is 0 Å². The Morgan fingerprint density at radius 1 is 1.08 bits per heavy atom. The van der Waals surface area contributed by atoms with Crippen LogP contribution in [0.25, 0.3) is 0 Å². The molecule has 1 fully saturated rings. The fraction of sp³-hybridized carbons (Fsp3) is 0.308. The maximum absolute atomic E-state index is 14.0. The van der Waals surface area contributed by atoms with Crippen LogP contribution >= 0.6 is 11.5 Å². The Labute approximate surface area is 217 Å². The van der Waals surface area contributed by atoms with Gasteiger partial charge in [0.15, 0.2) is 5.69 Å². The number of hydrogen-bond donors (Lipinski definition) is 3. The third-order valence-corrected chi connectivity index (χ3v) is 7.22. The number of benzene rings is 2. The van der Waals surface area contributed by atoms with Crippen LogP contribution < -0.4 is 26.4 Å². The third-order valence-electron chi connectivity index (χ3n) is 6.37. The molecule has 9 nitrogen and oxygen atoms in total. The van der Waals surface area contributed by atoms with E-state index in [9.17, 15) is 18.8 Å². The van der Waals surface area contributed by atoms with Gasteiger partial charge in [-0.2, -0.15) is 4.37 Å². The van der Waals surface area contributed by atoms with Gasteiger partial charge in [0, 0.05) is 11.7 Å². The Morgan fingerprint density at radius 3 is 2.30 bits per heavy atom. The topological polar surface area (TPSA) is 141 Å². The summed E-state index contributed by atoms with van der Waals surface area (Å²) in [7, 11) is 1.53. The minimum absolute atomic E-state index is 0.0258. The molecule has 0 radical (unpaired) electrons. The molecule has 1 heterocycles. The molecule has 5 N–H and O–H groups in total. The summed E-state index contributed by atoms with van der Waals surface area (Å²) in [5.74, 6) is -1.87. The molecule has 1 atom stereocenters. The normalized spacial score (nSPS) is 14.5. The summed E-state index contributed by atoms with van der Waals surface area (Å²) in [6.07, 6.45) is 4.81. The van der Waals surface area contributed by atoms with Crippen molar-refractivity contribution in [3.05, 3.63) is 70.5 Å². The predicted octanol–water partition coefficient (Wildman–Crippen LogP) is 3.81. The van der Waals surface area contributed by atoms with Crippen molar-refractivity contribution in [3.63, 3.8) is 0 Å². The van der Waals surface area contributed by atoms with Crippen LogP contribution in [0.2, 0.25) is 0 Å². The number of nitrogens with two attached hydrogens (primary N) is 2. The maximum atomic E-state index is 14.0. The number of hydrogen-bond acceptors (Lipinski definition) is 7. The molecule has 194 valence electrons. The van der Waals surface area contributed by atoms with Crippen LogP contribution in [0.1, 0.15) is 63.9 Å². The van der Waals surface area contributed by atoms with Gasteiger partial charge in [-0.1, -0.05) is 31.4 Å². The van der Waals surface area contributed by atoms with Crippen LogP contribution in [-0.2, 0) is 4.79 Å². The summed E-state index contributed by atoms with van der Waals surface area (Å²) >= 11 is 0.712. The van der Waals surface area contributed by atoms with Crippen molar-refractivity contribution in [2.75, 3.05) is 17.7 Å². The molecule has 0 unspecified atom stereocenters. The number of amides is 3. The highest BCUT2D eigenvalue weighted by molar-refractivity contribution is 7.09. The van der Waals surface area contributed by atoms with Gasteiger partial charge in [-0.3, -0.25) is 19.3 Å². The fourth-order valence-electron chi connectivity index (χ4n) is 4.45. The van der Waals surface area contributed by atoms with Gasteiger partial charge in [0.05, 0.1) is 12.8 Å². The van der Waals surface area contributed by atoms with Crippen molar-refractivity contribution in [1.29, 1.82) is 0 Å². The van der Waals surface area contributed by atoms with E-state index in [-0.39, 0.29) is 28.0 Å². The zero-order chi connectivity index (χ0) is 26.5. The summed E-state index contributed by atoms with van der Waals surface area (Å²) in [4.78, 5) is 40.8. The number of aromatic nitrogens is 1. The van der Waals surface area contributed by atoms with Crippen LogP contribution in [0.4, 0.5) is 15.8 Å². The lowest BCUT2D eigenvalue weighted by Crippen LogP contribution is -2.47. The lowest BCUT2D eigenvalue weighted by atomic mass is 9.94. The highest BCUT2D eigenvalue weighted by Gasteiger charge is 2.37. The fourth-order valence-corrected chi connectivity index (χ4v) is 5.20. The molecule has 11 heteroatoms. The Morgan fingerprint density at radius 2 is 1.73 bits per heavy atom. The Kier molecular flexibility index (Phi) is 8.02. The number of carbonyl (C=O) groups excluding carboxylic acids is 3. The van der Waals surface area contributed by atoms with E-state index in [0.29, 0.717) is 22.8 Å². The maximum Gasteiger partial charge on any atom is 0.273 e. The van der Waals surface area contributed by atoms with Gasteiger partial charge >= 0.3 is 0 Å². The van der Waals surface area contributed by atoms with Gasteiger partial charge in [0.2, 0.25) is 5.91 Å². The van der Waals surface area contributed by atoms with Crippen LogP contribution in [-0.4, -0.2) is 35.2 Å². The predicted molar refractivity (Wildman–Crippen MR) is 139 cm³/mol. The second-order valence-corrected chi connectivity index (χ2v) is 9.58. The summed E-state index contributed by atoms with van der Waals surface area (Å²) in [5, 5.41) is 3.10. The molecular weight excluding hydrogens is 497 g/mol. The van der Waals surface area contributed by atoms with Crippen LogP contribution in [0.5, 0.6) is 5.75 Å². The lowest BCUT2D eigenvalue weighted by Gasteiger charge is -2.33. The second-order valence-electron chi connectivity index (χ2n) is 8.81. The van der Waals surface area contributed by atoms with E-state index in [0.717, 1.165) is 32.1 Å². The van der Waals surface area contributed by atoms with E-state index in [1.54, 1.807) is 24.3 Å². The standard InChI is InChI=1S/C26H28FN5O4S/c1-36-19-13-7-15(8-14-19)22(25(34)30-17-5-3-2-4-6-17)32(18-11-9-16(27)10-12-18)26(35)23-20(28)21(24(29)33)31-37-23/h7-14,17,22H,2-6,28H2,1H3,(H2,29,33)(H,30,34)/t22-/m1/s1. The average molecular weight is 526 g/mol. The highest BCUT2D eigenvalue weighted by atomic mass is 32.1. The first-order valence-electron chi connectivity index (χ1n) is 11.9. The average Bonchev–Trinajstić information content (AvgIpc) is 3.29. The van der Waals surface area contributed by atoms with Gasteiger partial charge in [-0.25, -0.2) is 4.39 Å². The minimum atomic E-state index is -1.13. The molecule has 1 aromatic heterocycles. The first-order valence-corrected chi connectivity index (χ1v) is 12.7. The van der Waals surface area contributed by atoms with Crippen molar-refractivity contribution in [1.82, 2.24) is 9.69 Å². The number of nitrogens with one attached hydrogen (secondary N) is 1. The number of rotatable bonds is 8. The van der Waals surface area contributed by atoms with Gasteiger partial charge < -0.3 is 21.5 Å². The first kappa shape index (κ1) is 26.1. The molecule has 4 rings (SSSR count). The molecule has 3 aromatic rings. The van der Waals surface area contributed by atoms with E-state index in [4.69, 9.17) is 16.2 Å². The van der Waals surface area contributed by atoms with Crippen molar-refractivity contribution in [3.8, 4) is 5.75 Å². The molecule has 0 saturated heterocycles. The summed E-state index contributed by atoms with van der Waals surface area (Å²) in [5.41, 5.74) is 11.8. The van der Waals surface area contributed by atoms with Crippen molar-refractivity contribution < 1.29 is 23.5 Å². The molecule has 3 amide bonds. The van der Waals surface area contributed by atoms with Crippen LogP contribution in [0.15, 0.2) is 48.5 Å². The molecular formula is C26H28FN5O4S. The first-order chi connectivity index (χ1) is 17.8. The number of halogens is 1. The van der Waals surface area contributed by atoms with Crippen molar-refractivity contribution >= 4 is 40.6 Å². The smallest absolute Gasteiger partial charge is 0.273 e. The highest BCUT2D eigenvalue weighted by Crippen LogP contribution is 2.34. The SMILES string of the molecule is COc1ccc([C@H](C(=O)NC2CCCCC2)N(C(=O)c2snc(C(N)=O)c2N)c2ccc(F)cc2)cc1. The molecule has 1 aliphatic carbocycles. The summed E-state index contributed by atoms with van der Waals surface area (Å²) < 4.78 is 23.0. The van der Waals surface area contributed by atoms with Gasteiger partial charge in [0.1, 0.15) is 22.5 Å².